The van der Waals surface area contributed by atoms with Crippen molar-refractivity contribution in [1.82, 2.24) is 5.48 Å². The Morgan fingerprint density at radius 2 is 1.52 bits per heavy atom. The number of nitrogens with one attached hydrogen (secondary N) is 2. The Bertz CT molecular complexity index is 489. The van der Waals surface area contributed by atoms with Gasteiger partial charge in [-0.05, 0) is 35.9 Å². The Hall–Kier alpha value is -1.53. The van der Waals surface area contributed by atoms with Crippen molar-refractivity contribution >= 4 is 28.4 Å². The number of carbonyl (C=O) groups is 2. The van der Waals surface area contributed by atoms with Crippen LogP contribution in [0.2, 0.25) is 0 Å². The molecule has 1 rings (SSSR count). The van der Waals surface area contributed by atoms with Gasteiger partial charge in [0.2, 0.25) is 11.8 Å². The molecule has 3 N–H and O–H groups in total. The summed E-state index contributed by atoms with van der Waals surface area (Å²) in [5.74, 6) is 0.739. The van der Waals surface area contributed by atoms with E-state index in [1.165, 1.54) is 5.56 Å². The van der Waals surface area contributed by atoms with E-state index in [-0.39, 0.29) is 11.8 Å². The Morgan fingerprint density at radius 3 is 2.04 bits per heavy atom. The molecular formula is C17H27N2O3S+. The van der Waals surface area contributed by atoms with Crippen LogP contribution in [0.1, 0.15) is 44.1 Å². The lowest BCUT2D eigenvalue weighted by Crippen LogP contribution is -2.17. The highest BCUT2D eigenvalue weighted by Gasteiger charge is 2.06. The first kappa shape index (κ1) is 19.5. The molecule has 0 saturated carbocycles. The third kappa shape index (κ3) is 9.25. The number of anilines is 1. The van der Waals surface area contributed by atoms with Crippen molar-refractivity contribution in [2.75, 3.05) is 17.8 Å². The molecule has 0 aliphatic heterocycles. The van der Waals surface area contributed by atoms with Crippen molar-refractivity contribution in [1.29, 1.82) is 0 Å². The normalized spacial score (nSPS) is 10.6. The van der Waals surface area contributed by atoms with Crippen LogP contribution in [0.5, 0.6) is 0 Å². The number of amides is 2. The molecule has 0 aliphatic rings. The van der Waals surface area contributed by atoms with Crippen LogP contribution < -0.4 is 10.8 Å². The van der Waals surface area contributed by atoms with E-state index in [1.54, 1.807) is 5.48 Å². The lowest BCUT2D eigenvalue weighted by atomic mass is 10.1. The molecule has 23 heavy (non-hydrogen) atoms. The van der Waals surface area contributed by atoms with Crippen LogP contribution in [0.25, 0.3) is 0 Å². The van der Waals surface area contributed by atoms with E-state index < -0.39 is 0 Å². The molecule has 5 nitrogen and oxygen atoms in total. The molecule has 2 amide bonds. The Morgan fingerprint density at radius 1 is 0.957 bits per heavy atom. The van der Waals surface area contributed by atoms with E-state index >= 15 is 0 Å². The van der Waals surface area contributed by atoms with E-state index in [0.717, 1.165) is 37.1 Å². The molecule has 0 aliphatic carbocycles. The third-order valence-electron chi connectivity index (χ3n) is 3.38. The van der Waals surface area contributed by atoms with Gasteiger partial charge in [-0.3, -0.25) is 14.8 Å². The quantitative estimate of drug-likeness (QED) is 0.265. The molecule has 0 aromatic heterocycles. The molecule has 0 heterocycles. The zero-order valence-electron chi connectivity index (χ0n) is 13.9. The van der Waals surface area contributed by atoms with Crippen LogP contribution in [0.3, 0.4) is 0 Å². The van der Waals surface area contributed by atoms with Crippen LogP contribution in [-0.4, -0.2) is 29.5 Å². The van der Waals surface area contributed by atoms with Gasteiger partial charge in [-0.2, -0.15) is 0 Å². The smallest absolute Gasteiger partial charge is 0.243 e. The molecule has 0 fully saturated rings. The van der Waals surface area contributed by atoms with Crippen LogP contribution >= 0.6 is 0 Å². The lowest BCUT2D eigenvalue weighted by Gasteiger charge is -2.06. The Balaban J connectivity index is 2.17. The molecule has 0 bridgehead atoms. The number of unbranched alkanes of at least 4 members (excludes halogenated alkanes) is 3. The second kappa shape index (κ2) is 11.1. The van der Waals surface area contributed by atoms with Gasteiger partial charge in [0.25, 0.3) is 0 Å². The summed E-state index contributed by atoms with van der Waals surface area (Å²) < 4.78 is 0. The van der Waals surface area contributed by atoms with E-state index in [9.17, 15) is 9.59 Å². The van der Waals surface area contributed by atoms with E-state index in [1.807, 2.05) is 12.1 Å². The molecule has 0 spiro atoms. The van der Waals surface area contributed by atoms with Gasteiger partial charge >= 0.3 is 0 Å². The minimum Gasteiger partial charge on any atom is -0.326 e. The summed E-state index contributed by atoms with van der Waals surface area (Å²) in [6.07, 6.45) is 8.56. The molecule has 0 saturated heterocycles. The molecule has 0 unspecified atom stereocenters. The van der Waals surface area contributed by atoms with Gasteiger partial charge in [-0.1, -0.05) is 25.0 Å². The predicted octanol–water partition coefficient (Wildman–Crippen LogP) is 2.85. The Labute approximate surface area is 141 Å². The maximum absolute atomic E-state index is 11.9. The van der Waals surface area contributed by atoms with Crippen molar-refractivity contribution in [3.05, 3.63) is 29.8 Å². The highest BCUT2D eigenvalue weighted by molar-refractivity contribution is 7.94. The van der Waals surface area contributed by atoms with Crippen LogP contribution in [0, 0.1) is 0 Å². The average Bonchev–Trinajstić information content (AvgIpc) is 2.51. The highest BCUT2D eigenvalue weighted by Crippen LogP contribution is 2.13. The topological polar surface area (TPSA) is 78.4 Å². The van der Waals surface area contributed by atoms with Gasteiger partial charge in [0.05, 0.1) is 12.5 Å². The maximum Gasteiger partial charge on any atom is 0.243 e. The fourth-order valence-electron chi connectivity index (χ4n) is 2.22. The molecule has 0 radical (unpaired) electrons. The molecule has 1 aromatic carbocycles. The van der Waals surface area contributed by atoms with Crippen LogP contribution in [0.4, 0.5) is 5.69 Å². The first-order chi connectivity index (χ1) is 11.0. The summed E-state index contributed by atoms with van der Waals surface area (Å²) in [7, 11) is 0.379. The van der Waals surface area contributed by atoms with Crippen molar-refractivity contribution in [3.8, 4) is 0 Å². The highest BCUT2D eigenvalue weighted by atomic mass is 32.2. The molecule has 6 heteroatoms. The van der Waals surface area contributed by atoms with Crippen LogP contribution in [-0.2, 0) is 26.2 Å². The minimum atomic E-state index is -0.357. The Kier molecular flexibility index (Phi) is 9.40. The summed E-state index contributed by atoms with van der Waals surface area (Å²) in [4.78, 5) is 22.7. The summed E-state index contributed by atoms with van der Waals surface area (Å²) in [6, 6.07) is 8.03. The summed E-state index contributed by atoms with van der Waals surface area (Å²) in [6.45, 7) is 0. The lowest BCUT2D eigenvalue weighted by molar-refractivity contribution is -0.129. The monoisotopic (exact) mass is 339 g/mol. The summed E-state index contributed by atoms with van der Waals surface area (Å²) in [5.41, 5.74) is 3.75. The fourth-order valence-corrected chi connectivity index (χ4v) is 3.08. The number of hydroxylamine groups is 1. The van der Waals surface area contributed by atoms with Gasteiger partial charge in [-0.25, -0.2) is 5.48 Å². The van der Waals surface area contributed by atoms with Crippen molar-refractivity contribution in [2.24, 2.45) is 0 Å². The van der Waals surface area contributed by atoms with Crippen LogP contribution in [0.15, 0.2) is 24.3 Å². The zero-order chi connectivity index (χ0) is 17.1. The number of rotatable bonds is 10. The number of hydrogen-bond donors (Lipinski definition) is 3. The van der Waals surface area contributed by atoms with Gasteiger partial charge in [0, 0.05) is 24.1 Å². The minimum absolute atomic E-state index is 0.0246. The largest absolute Gasteiger partial charge is 0.326 e. The van der Waals surface area contributed by atoms with Gasteiger partial charge in [-0.15, -0.1) is 0 Å². The van der Waals surface area contributed by atoms with E-state index in [4.69, 9.17) is 5.21 Å². The van der Waals surface area contributed by atoms with Gasteiger partial charge in [0.15, 0.2) is 0 Å². The molecular weight excluding hydrogens is 312 g/mol. The maximum atomic E-state index is 11.9. The summed E-state index contributed by atoms with van der Waals surface area (Å²) >= 11 is 0. The first-order valence-electron chi connectivity index (χ1n) is 7.87. The average molecular weight is 339 g/mol. The first-order valence-corrected chi connectivity index (χ1v) is 10.1. The predicted molar refractivity (Wildman–Crippen MR) is 95.6 cm³/mol. The van der Waals surface area contributed by atoms with Crippen molar-refractivity contribution in [2.45, 2.75) is 44.3 Å². The third-order valence-corrected chi connectivity index (χ3v) is 4.29. The molecule has 1 aromatic rings. The second-order valence-electron chi connectivity index (χ2n) is 5.82. The molecule has 0 atom stereocenters. The van der Waals surface area contributed by atoms with Gasteiger partial charge in [0.1, 0.15) is 5.75 Å². The van der Waals surface area contributed by atoms with Crippen molar-refractivity contribution in [3.63, 3.8) is 0 Å². The number of benzene rings is 1. The van der Waals surface area contributed by atoms with Crippen molar-refractivity contribution < 1.29 is 14.8 Å². The number of hydrogen-bond acceptors (Lipinski definition) is 3. The van der Waals surface area contributed by atoms with E-state index in [0.29, 0.717) is 23.7 Å². The summed E-state index contributed by atoms with van der Waals surface area (Å²) in [5, 5.41) is 11.3. The second-order valence-corrected chi connectivity index (χ2v) is 8.08. The van der Waals surface area contributed by atoms with E-state index in [2.05, 4.69) is 30.0 Å². The fraction of sp³-hybridized carbons (Fsp3) is 0.529. The standard InChI is InChI=1S/C17H26N2O3S/c1-23(2)13-14-9-11-15(12-10-14)18-16(20)7-5-3-4-6-8-17(21)19-22/h9-12H,3-8,13H2,1-2H3,(H2-,18,19,20,21,22)/p+1. The molecule has 128 valence electrons. The number of carbonyl (C=O) groups excluding carboxylic acids is 2. The zero-order valence-corrected chi connectivity index (χ0v) is 14.7. The SMILES string of the molecule is C[S+](C)Cc1ccc(NC(=O)CCCCCCC(=O)NO)cc1. The van der Waals surface area contributed by atoms with Gasteiger partial charge < -0.3 is 5.32 Å².